The van der Waals surface area contributed by atoms with Crippen molar-refractivity contribution in [3.8, 4) is 0 Å². The molecule has 12 heavy (non-hydrogen) atoms. The van der Waals surface area contributed by atoms with E-state index in [0.717, 1.165) is 25.9 Å². The van der Waals surface area contributed by atoms with Gasteiger partial charge < -0.3 is 0 Å². The van der Waals surface area contributed by atoms with E-state index >= 15 is 0 Å². The molecule has 0 radical (unpaired) electrons. The van der Waals surface area contributed by atoms with Crippen LogP contribution in [0.4, 0.5) is 8.78 Å². The van der Waals surface area contributed by atoms with Crippen LogP contribution in [0.3, 0.4) is 0 Å². The SMILES string of the molecule is FC(F)CN1CCC2(CC1)CC2. The zero-order valence-corrected chi connectivity index (χ0v) is 7.23. The lowest BCUT2D eigenvalue weighted by molar-refractivity contribution is 0.0657. The first-order valence-corrected chi connectivity index (χ1v) is 4.71. The topological polar surface area (TPSA) is 3.24 Å². The molecule has 0 aromatic rings. The lowest BCUT2D eigenvalue weighted by Gasteiger charge is -2.31. The molecule has 0 N–H and O–H groups in total. The first-order valence-electron chi connectivity index (χ1n) is 4.71. The van der Waals surface area contributed by atoms with Crippen molar-refractivity contribution < 1.29 is 8.78 Å². The molecule has 2 fully saturated rings. The van der Waals surface area contributed by atoms with E-state index in [2.05, 4.69) is 0 Å². The normalized spacial score (nSPS) is 28.2. The number of halogens is 2. The molecular formula is C9H15F2N. The molecule has 0 atom stereocenters. The number of rotatable bonds is 2. The third-order valence-corrected chi connectivity index (χ3v) is 3.27. The summed E-state index contributed by atoms with van der Waals surface area (Å²) in [5.74, 6) is 0. The van der Waals surface area contributed by atoms with Crippen LogP contribution in [0, 0.1) is 5.41 Å². The van der Waals surface area contributed by atoms with E-state index in [0.29, 0.717) is 5.41 Å². The monoisotopic (exact) mass is 175 g/mol. The highest BCUT2D eigenvalue weighted by Crippen LogP contribution is 2.53. The molecular weight excluding hydrogens is 160 g/mol. The van der Waals surface area contributed by atoms with E-state index in [1.807, 2.05) is 4.90 Å². The predicted octanol–water partition coefficient (Wildman–Crippen LogP) is 2.13. The van der Waals surface area contributed by atoms with E-state index in [9.17, 15) is 8.78 Å². The summed E-state index contributed by atoms with van der Waals surface area (Å²) in [5, 5.41) is 0. The van der Waals surface area contributed by atoms with Gasteiger partial charge in [0.05, 0.1) is 6.54 Å². The summed E-state index contributed by atoms with van der Waals surface area (Å²) in [6.07, 6.45) is 2.84. The van der Waals surface area contributed by atoms with Crippen molar-refractivity contribution in [1.29, 1.82) is 0 Å². The van der Waals surface area contributed by atoms with Crippen molar-refractivity contribution in [2.24, 2.45) is 5.41 Å². The third-order valence-electron chi connectivity index (χ3n) is 3.27. The van der Waals surface area contributed by atoms with Gasteiger partial charge in [-0.3, -0.25) is 4.90 Å². The van der Waals surface area contributed by atoms with Crippen LogP contribution in [0.2, 0.25) is 0 Å². The number of hydrogen-bond donors (Lipinski definition) is 0. The maximum atomic E-state index is 12.0. The van der Waals surface area contributed by atoms with Crippen LogP contribution in [-0.4, -0.2) is 31.0 Å². The van der Waals surface area contributed by atoms with Crippen molar-refractivity contribution in [2.45, 2.75) is 32.1 Å². The number of hydrogen-bond acceptors (Lipinski definition) is 1. The van der Waals surface area contributed by atoms with E-state index in [-0.39, 0.29) is 6.54 Å². The second kappa shape index (κ2) is 2.95. The zero-order valence-electron chi connectivity index (χ0n) is 7.23. The Hall–Kier alpha value is -0.180. The van der Waals surface area contributed by atoms with E-state index in [1.54, 1.807) is 0 Å². The maximum absolute atomic E-state index is 12.0. The molecule has 1 heterocycles. The highest BCUT2D eigenvalue weighted by Gasteiger charge is 2.44. The first-order chi connectivity index (χ1) is 5.70. The number of piperidine rings is 1. The maximum Gasteiger partial charge on any atom is 0.251 e. The Labute approximate surface area is 71.7 Å². The lowest BCUT2D eigenvalue weighted by Crippen LogP contribution is -2.37. The van der Waals surface area contributed by atoms with E-state index < -0.39 is 6.43 Å². The van der Waals surface area contributed by atoms with Gasteiger partial charge >= 0.3 is 0 Å². The quantitative estimate of drug-likeness (QED) is 0.621. The molecule has 0 aromatic carbocycles. The van der Waals surface area contributed by atoms with Gasteiger partial charge in [0.25, 0.3) is 6.43 Å². The average molecular weight is 175 g/mol. The minimum Gasteiger partial charge on any atom is -0.298 e. The molecule has 1 saturated heterocycles. The Morgan fingerprint density at radius 3 is 2.08 bits per heavy atom. The second-order valence-electron chi connectivity index (χ2n) is 4.19. The zero-order chi connectivity index (χ0) is 8.60. The van der Waals surface area contributed by atoms with Crippen molar-refractivity contribution in [2.75, 3.05) is 19.6 Å². The summed E-state index contributed by atoms with van der Waals surface area (Å²) in [6, 6.07) is 0. The van der Waals surface area contributed by atoms with Crippen LogP contribution in [-0.2, 0) is 0 Å². The van der Waals surface area contributed by atoms with Gasteiger partial charge in [0.1, 0.15) is 0 Å². The molecule has 1 spiro atoms. The van der Waals surface area contributed by atoms with E-state index in [1.165, 1.54) is 12.8 Å². The van der Waals surface area contributed by atoms with Crippen LogP contribution in [0.25, 0.3) is 0 Å². The van der Waals surface area contributed by atoms with Gasteiger partial charge in [-0.15, -0.1) is 0 Å². The fraction of sp³-hybridized carbons (Fsp3) is 1.00. The van der Waals surface area contributed by atoms with Crippen LogP contribution >= 0.6 is 0 Å². The summed E-state index contributed by atoms with van der Waals surface area (Å²) in [6.45, 7) is 1.77. The Balaban J connectivity index is 1.74. The fourth-order valence-electron chi connectivity index (χ4n) is 2.08. The standard InChI is InChI=1S/C9H15F2N/c10-8(11)7-12-5-3-9(1-2-9)4-6-12/h8H,1-7H2. The smallest absolute Gasteiger partial charge is 0.251 e. The molecule has 1 saturated carbocycles. The largest absolute Gasteiger partial charge is 0.298 e. The summed E-state index contributed by atoms with van der Waals surface area (Å²) >= 11 is 0. The molecule has 0 bridgehead atoms. The Morgan fingerprint density at radius 1 is 1.08 bits per heavy atom. The van der Waals surface area contributed by atoms with Gasteiger partial charge in [0, 0.05) is 0 Å². The third kappa shape index (κ3) is 1.76. The Kier molecular flexibility index (Phi) is 2.07. The van der Waals surface area contributed by atoms with Gasteiger partial charge in [0.2, 0.25) is 0 Å². The molecule has 1 aliphatic carbocycles. The first kappa shape index (κ1) is 8.42. The summed E-state index contributed by atoms with van der Waals surface area (Å²) < 4.78 is 24.0. The summed E-state index contributed by atoms with van der Waals surface area (Å²) in [5.41, 5.74) is 0.610. The molecule has 2 rings (SSSR count). The minimum atomic E-state index is -2.15. The van der Waals surface area contributed by atoms with Gasteiger partial charge in [-0.05, 0) is 44.2 Å². The molecule has 0 aromatic heterocycles. The van der Waals surface area contributed by atoms with Crippen LogP contribution in [0.1, 0.15) is 25.7 Å². The number of alkyl halides is 2. The van der Waals surface area contributed by atoms with Gasteiger partial charge in [-0.2, -0.15) is 0 Å². The minimum absolute atomic E-state index is 0.0178. The Bertz CT molecular complexity index is 156. The molecule has 70 valence electrons. The van der Waals surface area contributed by atoms with Crippen molar-refractivity contribution in [3.63, 3.8) is 0 Å². The van der Waals surface area contributed by atoms with Crippen molar-refractivity contribution in [1.82, 2.24) is 4.90 Å². The highest BCUT2D eigenvalue weighted by molar-refractivity contribution is 4.96. The van der Waals surface area contributed by atoms with Crippen LogP contribution in [0.15, 0.2) is 0 Å². The summed E-state index contributed by atoms with van der Waals surface area (Å²) in [4.78, 5) is 1.90. The highest BCUT2D eigenvalue weighted by atomic mass is 19.3. The summed E-state index contributed by atoms with van der Waals surface area (Å²) in [7, 11) is 0. The second-order valence-corrected chi connectivity index (χ2v) is 4.19. The predicted molar refractivity (Wildman–Crippen MR) is 43.3 cm³/mol. The molecule has 0 amide bonds. The molecule has 2 aliphatic rings. The van der Waals surface area contributed by atoms with Gasteiger partial charge in [0.15, 0.2) is 0 Å². The number of likely N-dealkylation sites (tertiary alicyclic amines) is 1. The lowest BCUT2D eigenvalue weighted by atomic mass is 9.94. The van der Waals surface area contributed by atoms with E-state index in [4.69, 9.17) is 0 Å². The molecule has 1 nitrogen and oxygen atoms in total. The van der Waals surface area contributed by atoms with Crippen LogP contribution < -0.4 is 0 Å². The average Bonchev–Trinajstić information content (AvgIpc) is 2.75. The Morgan fingerprint density at radius 2 is 1.67 bits per heavy atom. The fourth-order valence-corrected chi connectivity index (χ4v) is 2.08. The molecule has 1 aliphatic heterocycles. The molecule has 3 heteroatoms. The van der Waals surface area contributed by atoms with Gasteiger partial charge in [-0.25, -0.2) is 8.78 Å². The van der Waals surface area contributed by atoms with Crippen molar-refractivity contribution in [3.05, 3.63) is 0 Å². The van der Waals surface area contributed by atoms with Gasteiger partial charge in [-0.1, -0.05) is 0 Å². The van der Waals surface area contributed by atoms with Crippen molar-refractivity contribution >= 4 is 0 Å². The number of nitrogens with zero attached hydrogens (tertiary/aromatic N) is 1. The molecule has 0 unspecified atom stereocenters. The van der Waals surface area contributed by atoms with Crippen LogP contribution in [0.5, 0.6) is 0 Å².